The van der Waals surface area contributed by atoms with Gasteiger partial charge in [0.1, 0.15) is 6.10 Å². The zero-order valence-electron chi connectivity index (χ0n) is 16.4. The minimum absolute atomic E-state index is 0.0391. The summed E-state index contributed by atoms with van der Waals surface area (Å²) in [6, 6.07) is 0. The van der Waals surface area contributed by atoms with Crippen LogP contribution in [0.5, 0.6) is 0 Å². The predicted octanol–water partition coefficient (Wildman–Crippen LogP) is 4.78. The maximum Gasteiger partial charge on any atom is 0.310 e. The van der Waals surface area contributed by atoms with Crippen molar-refractivity contribution in [3.05, 3.63) is 23.8 Å². The first-order chi connectivity index (χ1) is 12.6. The average molecular weight is 358 g/mol. The van der Waals surface area contributed by atoms with E-state index in [2.05, 4.69) is 24.9 Å². The lowest BCUT2D eigenvalue weighted by molar-refractivity contribution is -0.146. The SMILES string of the molecule is C=C1CCC[C@]2(C)C[C@H]3OC(=O)[C@@H](CNCCC4=CCCCC4)[C@H]3C[C@@H]12. The summed E-state index contributed by atoms with van der Waals surface area (Å²) in [6.45, 7) is 8.55. The molecule has 1 aliphatic heterocycles. The van der Waals surface area contributed by atoms with E-state index in [1.165, 1.54) is 50.5 Å². The van der Waals surface area contributed by atoms with Crippen LogP contribution in [0.3, 0.4) is 0 Å². The summed E-state index contributed by atoms with van der Waals surface area (Å²) in [4.78, 5) is 12.5. The minimum Gasteiger partial charge on any atom is -0.462 e. The van der Waals surface area contributed by atoms with Crippen LogP contribution in [0.1, 0.15) is 71.1 Å². The molecule has 1 heterocycles. The van der Waals surface area contributed by atoms with Gasteiger partial charge < -0.3 is 10.1 Å². The molecule has 0 unspecified atom stereocenters. The van der Waals surface area contributed by atoms with Crippen LogP contribution in [0.25, 0.3) is 0 Å². The first-order valence-electron chi connectivity index (χ1n) is 10.8. The molecule has 1 N–H and O–H groups in total. The van der Waals surface area contributed by atoms with Gasteiger partial charge in [-0.2, -0.15) is 0 Å². The van der Waals surface area contributed by atoms with E-state index in [0.29, 0.717) is 17.3 Å². The number of carbonyl (C=O) groups excluding carboxylic acids is 1. The molecule has 144 valence electrons. The molecule has 3 fully saturated rings. The van der Waals surface area contributed by atoms with E-state index in [9.17, 15) is 4.79 Å². The molecule has 0 aromatic carbocycles. The maximum absolute atomic E-state index is 12.5. The molecule has 3 heteroatoms. The van der Waals surface area contributed by atoms with Crippen molar-refractivity contribution in [1.82, 2.24) is 5.32 Å². The first kappa shape index (κ1) is 18.3. The van der Waals surface area contributed by atoms with Gasteiger partial charge >= 0.3 is 5.97 Å². The second-order valence-electron chi connectivity index (χ2n) is 9.47. The fourth-order valence-electron chi connectivity index (χ4n) is 6.13. The predicted molar refractivity (Wildman–Crippen MR) is 105 cm³/mol. The van der Waals surface area contributed by atoms with Crippen LogP contribution < -0.4 is 5.32 Å². The number of nitrogens with one attached hydrogen (secondary N) is 1. The molecule has 4 rings (SSSR count). The van der Waals surface area contributed by atoms with E-state index in [-0.39, 0.29) is 18.0 Å². The summed E-state index contributed by atoms with van der Waals surface area (Å²) in [6.07, 6.45) is 14.7. The summed E-state index contributed by atoms with van der Waals surface area (Å²) in [5.74, 6) is 1.05. The molecule has 0 amide bonds. The lowest BCUT2D eigenvalue weighted by atomic mass is 9.55. The van der Waals surface area contributed by atoms with E-state index in [4.69, 9.17) is 4.74 Å². The lowest BCUT2D eigenvalue weighted by Crippen LogP contribution is -2.45. The highest BCUT2D eigenvalue weighted by molar-refractivity contribution is 5.75. The Balaban J connectivity index is 1.33. The maximum atomic E-state index is 12.5. The highest BCUT2D eigenvalue weighted by Crippen LogP contribution is 2.56. The number of rotatable bonds is 5. The second kappa shape index (κ2) is 7.50. The van der Waals surface area contributed by atoms with Crippen LogP contribution in [0.4, 0.5) is 0 Å². The monoisotopic (exact) mass is 357 g/mol. The lowest BCUT2D eigenvalue weighted by Gasteiger charge is -2.50. The molecule has 0 aromatic rings. The molecule has 0 spiro atoms. The van der Waals surface area contributed by atoms with Gasteiger partial charge in [-0.05, 0) is 82.1 Å². The van der Waals surface area contributed by atoms with E-state index >= 15 is 0 Å². The van der Waals surface area contributed by atoms with Gasteiger partial charge in [0, 0.05) is 12.5 Å². The molecule has 0 bridgehead atoms. The molecule has 2 saturated carbocycles. The fourth-order valence-corrected chi connectivity index (χ4v) is 6.13. The van der Waals surface area contributed by atoms with Crippen LogP contribution in [-0.4, -0.2) is 25.2 Å². The van der Waals surface area contributed by atoms with Crippen molar-refractivity contribution in [3.8, 4) is 0 Å². The third-order valence-electron chi connectivity index (χ3n) is 7.69. The van der Waals surface area contributed by atoms with Gasteiger partial charge in [0.2, 0.25) is 0 Å². The van der Waals surface area contributed by atoms with Crippen LogP contribution in [0, 0.1) is 23.2 Å². The number of esters is 1. The topological polar surface area (TPSA) is 38.3 Å². The first-order valence-corrected chi connectivity index (χ1v) is 10.8. The highest BCUT2D eigenvalue weighted by atomic mass is 16.6. The average Bonchev–Trinajstić information content (AvgIpc) is 2.92. The Bertz CT molecular complexity index is 595. The summed E-state index contributed by atoms with van der Waals surface area (Å²) < 4.78 is 5.85. The third kappa shape index (κ3) is 3.52. The Hall–Kier alpha value is -1.09. The zero-order chi connectivity index (χ0) is 18.1. The smallest absolute Gasteiger partial charge is 0.310 e. The van der Waals surface area contributed by atoms with Crippen molar-refractivity contribution in [2.45, 2.75) is 77.2 Å². The molecule has 26 heavy (non-hydrogen) atoms. The molecular formula is C23H35NO2. The summed E-state index contributed by atoms with van der Waals surface area (Å²) in [5.41, 5.74) is 3.32. The molecule has 3 nitrogen and oxygen atoms in total. The van der Waals surface area contributed by atoms with Crippen LogP contribution in [0.15, 0.2) is 23.8 Å². The second-order valence-corrected chi connectivity index (χ2v) is 9.47. The fraction of sp³-hybridized carbons (Fsp3) is 0.783. The summed E-state index contributed by atoms with van der Waals surface area (Å²) in [7, 11) is 0. The summed E-state index contributed by atoms with van der Waals surface area (Å²) >= 11 is 0. The molecule has 4 aliphatic rings. The van der Waals surface area contributed by atoms with E-state index in [1.807, 2.05) is 0 Å². The normalized spacial score (nSPS) is 39.8. The van der Waals surface area contributed by atoms with Crippen molar-refractivity contribution in [2.24, 2.45) is 23.2 Å². The van der Waals surface area contributed by atoms with Crippen molar-refractivity contribution < 1.29 is 9.53 Å². The Morgan fingerprint density at radius 1 is 1.31 bits per heavy atom. The number of carbonyl (C=O) groups is 1. The highest BCUT2D eigenvalue weighted by Gasteiger charge is 2.54. The largest absolute Gasteiger partial charge is 0.462 e. The molecule has 3 aliphatic carbocycles. The quantitative estimate of drug-likeness (QED) is 0.437. The zero-order valence-corrected chi connectivity index (χ0v) is 16.4. The van der Waals surface area contributed by atoms with Crippen LogP contribution in [0.2, 0.25) is 0 Å². The molecular weight excluding hydrogens is 322 g/mol. The number of hydrogen-bond donors (Lipinski definition) is 1. The van der Waals surface area contributed by atoms with Crippen molar-refractivity contribution in [2.75, 3.05) is 13.1 Å². The van der Waals surface area contributed by atoms with E-state index in [1.54, 1.807) is 5.57 Å². The molecule has 0 aromatic heterocycles. The standard InChI is InChI=1S/C23H35NO2/c1-16-7-6-11-23(2)14-21-18(13-20(16)23)19(22(25)26-21)15-24-12-10-17-8-4-3-5-9-17/h8,18-21,24H,1,3-7,9-15H2,2H3/t18-,19+,20+,21-,23-/m1/s1. The summed E-state index contributed by atoms with van der Waals surface area (Å²) in [5, 5.41) is 3.57. The van der Waals surface area contributed by atoms with Crippen molar-refractivity contribution in [3.63, 3.8) is 0 Å². The Labute approximate surface area is 158 Å². The van der Waals surface area contributed by atoms with Gasteiger partial charge in [-0.15, -0.1) is 0 Å². The van der Waals surface area contributed by atoms with Gasteiger partial charge in [0.25, 0.3) is 0 Å². The molecule has 1 saturated heterocycles. The van der Waals surface area contributed by atoms with Gasteiger partial charge in [0.15, 0.2) is 0 Å². The Morgan fingerprint density at radius 3 is 3.00 bits per heavy atom. The Morgan fingerprint density at radius 2 is 2.19 bits per heavy atom. The molecule has 5 atom stereocenters. The van der Waals surface area contributed by atoms with Crippen LogP contribution in [-0.2, 0) is 9.53 Å². The number of hydrogen-bond acceptors (Lipinski definition) is 3. The molecule has 0 radical (unpaired) electrons. The number of allylic oxidation sites excluding steroid dienone is 2. The minimum atomic E-state index is 0.0391. The van der Waals surface area contributed by atoms with E-state index in [0.717, 1.165) is 32.4 Å². The number of fused-ring (bicyclic) bond motifs is 2. The van der Waals surface area contributed by atoms with Gasteiger partial charge in [-0.25, -0.2) is 0 Å². The Kier molecular flexibility index (Phi) is 5.27. The van der Waals surface area contributed by atoms with Crippen LogP contribution >= 0.6 is 0 Å². The van der Waals surface area contributed by atoms with Gasteiger partial charge in [-0.1, -0.05) is 30.7 Å². The van der Waals surface area contributed by atoms with Gasteiger partial charge in [-0.3, -0.25) is 4.79 Å². The van der Waals surface area contributed by atoms with E-state index < -0.39 is 0 Å². The van der Waals surface area contributed by atoms with Crippen molar-refractivity contribution >= 4 is 5.97 Å². The third-order valence-corrected chi connectivity index (χ3v) is 7.69. The van der Waals surface area contributed by atoms with Crippen molar-refractivity contribution in [1.29, 1.82) is 0 Å². The number of ether oxygens (including phenoxy) is 1. The van der Waals surface area contributed by atoms with Gasteiger partial charge in [0.05, 0.1) is 5.92 Å².